The first-order valence-electron chi connectivity index (χ1n) is 6.16. The Morgan fingerprint density at radius 1 is 1.42 bits per heavy atom. The van der Waals surface area contributed by atoms with Gasteiger partial charge < -0.3 is 15.7 Å². The first kappa shape index (κ1) is 15.7. The number of nitrogens with one attached hydrogen (secondary N) is 2. The predicted octanol–water partition coefficient (Wildman–Crippen LogP) is 1.06. The van der Waals surface area contributed by atoms with E-state index in [1.165, 1.54) is 18.3 Å². The van der Waals surface area contributed by atoms with Crippen molar-refractivity contribution in [2.24, 2.45) is 5.92 Å². The molecule has 0 aromatic carbocycles. The summed E-state index contributed by atoms with van der Waals surface area (Å²) in [5, 5.41) is 18.8. The van der Waals surface area contributed by atoms with Crippen molar-refractivity contribution in [1.82, 2.24) is 10.6 Å². The Morgan fingerprint density at radius 3 is 2.58 bits per heavy atom. The normalized spacial score (nSPS) is 13.9. The number of amides is 2. The van der Waals surface area contributed by atoms with Crippen molar-refractivity contribution in [2.75, 3.05) is 6.54 Å². The van der Waals surface area contributed by atoms with Crippen LogP contribution in [0.2, 0.25) is 0 Å². The smallest absolute Gasteiger partial charge is 0.242 e. The van der Waals surface area contributed by atoms with Gasteiger partial charge in [-0.1, -0.05) is 13.8 Å². The fourth-order valence-electron chi connectivity index (χ4n) is 1.64. The summed E-state index contributed by atoms with van der Waals surface area (Å²) in [7, 11) is 0. The van der Waals surface area contributed by atoms with Gasteiger partial charge in [0.05, 0.1) is 6.10 Å². The Hall–Kier alpha value is -1.40. The average molecular weight is 284 g/mol. The van der Waals surface area contributed by atoms with Crippen molar-refractivity contribution in [3.8, 4) is 0 Å². The number of carbonyl (C=O) groups is 2. The Morgan fingerprint density at radius 2 is 2.11 bits per heavy atom. The number of hydrogen-bond donors (Lipinski definition) is 3. The lowest BCUT2D eigenvalue weighted by Crippen LogP contribution is -2.49. The molecule has 0 bridgehead atoms. The minimum absolute atomic E-state index is 0.0119. The molecule has 1 rings (SSSR count). The summed E-state index contributed by atoms with van der Waals surface area (Å²) < 4.78 is 0. The van der Waals surface area contributed by atoms with Crippen LogP contribution >= 0.6 is 11.3 Å². The van der Waals surface area contributed by atoms with Gasteiger partial charge in [0, 0.05) is 13.5 Å². The van der Waals surface area contributed by atoms with Crippen LogP contribution in [0.15, 0.2) is 16.8 Å². The lowest BCUT2D eigenvalue weighted by molar-refractivity contribution is -0.129. The third-order valence-electron chi connectivity index (χ3n) is 2.71. The van der Waals surface area contributed by atoms with Crippen LogP contribution in [0.4, 0.5) is 0 Å². The highest BCUT2D eigenvalue weighted by Gasteiger charge is 2.23. The van der Waals surface area contributed by atoms with Crippen molar-refractivity contribution in [1.29, 1.82) is 0 Å². The van der Waals surface area contributed by atoms with Crippen LogP contribution < -0.4 is 10.6 Å². The number of hydrogen-bond acceptors (Lipinski definition) is 4. The minimum Gasteiger partial charge on any atom is -0.387 e. The molecule has 0 aliphatic rings. The Bertz CT molecular complexity index is 418. The zero-order chi connectivity index (χ0) is 14.4. The van der Waals surface area contributed by atoms with Crippen molar-refractivity contribution < 1.29 is 14.7 Å². The van der Waals surface area contributed by atoms with E-state index in [9.17, 15) is 14.7 Å². The van der Waals surface area contributed by atoms with Crippen LogP contribution in [-0.4, -0.2) is 29.5 Å². The molecule has 6 heteroatoms. The third kappa shape index (κ3) is 5.00. The standard InChI is InChI=1S/C13H20N2O3S/c1-8(2)12(15-9(3)16)13(18)14-6-11(17)10-4-5-19-7-10/h4-5,7-8,11-12,17H,6H2,1-3H3,(H,14,18)(H,15,16). The molecule has 2 amide bonds. The molecule has 0 spiro atoms. The quantitative estimate of drug-likeness (QED) is 0.731. The zero-order valence-electron chi connectivity index (χ0n) is 11.3. The molecule has 0 saturated heterocycles. The van der Waals surface area contributed by atoms with Gasteiger partial charge in [0.2, 0.25) is 11.8 Å². The van der Waals surface area contributed by atoms with Crippen LogP contribution in [0, 0.1) is 5.92 Å². The van der Waals surface area contributed by atoms with Gasteiger partial charge in [0.15, 0.2) is 0 Å². The van der Waals surface area contributed by atoms with Crippen molar-refractivity contribution in [2.45, 2.75) is 32.9 Å². The fraction of sp³-hybridized carbons (Fsp3) is 0.538. The van der Waals surface area contributed by atoms with E-state index in [0.717, 1.165) is 5.56 Å². The van der Waals surface area contributed by atoms with E-state index in [-0.39, 0.29) is 24.3 Å². The van der Waals surface area contributed by atoms with E-state index in [2.05, 4.69) is 10.6 Å². The molecule has 1 heterocycles. The lowest BCUT2D eigenvalue weighted by atomic mass is 10.0. The van der Waals surface area contributed by atoms with Gasteiger partial charge in [0.1, 0.15) is 6.04 Å². The third-order valence-corrected chi connectivity index (χ3v) is 3.41. The molecule has 5 nitrogen and oxygen atoms in total. The van der Waals surface area contributed by atoms with Crippen LogP contribution in [0.5, 0.6) is 0 Å². The van der Waals surface area contributed by atoms with Gasteiger partial charge in [-0.3, -0.25) is 9.59 Å². The maximum absolute atomic E-state index is 12.0. The summed E-state index contributed by atoms with van der Waals surface area (Å²) in [5.41, 5.74) is 0.783. The second kappa shape index (κ2) is 7.25. The monoisotopic (exact) mass is 284 g/mol. The largest absolute Gasteiger partial charge is 0.387 e. The molecule has 2 atom stereocenters. The van der Waals surface area contributed by atoms with Crippen molar-refractivity contribution in [3.05, 3.63) is 22.4 Å². The van der Waals surface area contributed by atoms with Gasteiger partial charge in [-0.2, -0.15) is 11.3 Å². The topological polar surface area (TPSA) is 78.4 Å². The number of aliphatic hydroxyl groups excluding tert-OH is 1. The zero-order valence-corrected chi connectivity index (χ0v) is 12.2. The van der Waals surface area contributed by atoms with E-state index >= 15 is 0 Å². The molecular weight excluding hydrogens is 264 g/mol. The van der Waals surface area contributed by atoms with E-state index in [4.69, 9.17) is 0 Å². The maximum atomic E-state index is 12.0. The molecule has 19 heavy (non-hydrogen) atoms. The second-order valence-electron chi connectivity index (χ2n) is 4.74. The summed E-state index contributed by atoms with van der Waals surface area (Å²) in [6.07, 6.45) is -0.722. The highest BCUT2D eigenvalue weighted by atomic mass is 32.1. The van der Waals surface area contributed by atoms with Crippen molar-refractivity contribution >= 4 is 23.2 Å². The van der Waals surface area contributed by atoms with Crippen molar-refractivity contribution in [3.63, 3.8) is 0 Å². The lowest BCUT2D eigenvalue weighted by Gasteiger charge is -2.21. The molecule has 1 aromatic rings. The molecule has 1 aromatic heterocycles. The van der Waals surface area contributed by atoms with Gasteiger partial charge >= 0.3 is 0 Å². The molecule has 0 radical (unpaired) electrons. The average Bonchev–Trinajstić information content (AvgIpc) is 2.85. The van der Waals surface area contributed by atoms with Crippen LogP contribution in [0.25, 0.3) is 0 Å². The van der Waals surface area contributed by atoms with E-state index in [1.807, 2.05) is 30.7 Å². The summed E-state index contributed by atoms with van der Waals surface area (Å²) in [5.74, 6) is -0.533. The Balaban J connectivity index is 2.50. The number of rotatable bonds is 6. The highest BCUT2D eigenvalue weighted by molar-refractivity contribution is 7.07. The number of aliphatic hydroxyl groups is 1. The van der Waals surface area contributed by atoms with Gasteiger partial charge in [-0.25, -0.2) is 0 Å². The van der Waals surface area contributed by atoms with Crippen LogP contribution in [0.3, 0.4) is 0 Å². The first-order valence-corrected chi connectivity index (χ1v) is 7.11. The first-order chi connectivity index (χ1) is 8.91. The van der Waals surface area contributed by atoms with E-state index in [1.54, 1.807) is 0 Å². The van der Waals surface area contributed by atoms with Gasteiger partial charge in [0.25, 0.3) is 0 Å². The summed E-state index contributed by atoms with van der Waals surface area (Å²) in [6.45, 7) is 5.23. The fourth-order valence-corrected chi connectivity index (χ4v) is 2.35. The summed E-state index contributed by atoms with van der Waals surface area (Å²) in [6, 6.07) is 1.24. The molecule has 2 unspecified atom stereocenters. The highest BCUT2D eigenvalue weighted by Crippen LogP contribution is 2.15. The molecule has 3 N–H and O–H groups in total. The molecule has 0 aliphatic carbocycles. The summed E-state index contributed by atoms with van der Waals surface area (Å²) in [4.78, 5) is 23.0. The van der Waals surface area contributed by atoms with E-state index < -0.39 is 12.1 Å². The Labute approximate surface area is 117 Å². The molecule has 0 fully saturated rings. The van der Waals surface area contributed by atoms with Crippen LogP contribution in [0.1, 0.15) is 32.4 Å². The van der Waals surface area contributed by atoms with Crippen LogP contribution in [-0.2, 0) is 9.59 Å². The van der Waals surface area contributed by atoms with Gasteiger partial charge in [-0.05, 0) is 28.3 Å². The van der Waals surface area contributed by atoms with Gasteiger partial charge in [-0.15, -0.1) is 0 Å². The predicted molar refractivity (Wildman–Crippen MR) is 74.7 cm³/mol. The number of carbonyl (C=O) groups excluding carboxylic acids is 2. The molecule has 0 saturated carbocycles. The summed E-state index contributed by atoms with van der Waals surface area (Å²) >= 11 is 1.49. The molecule has 0 aliphatic heterocycles. The van der Waals surface area contributed by atoms with E-state index in [0.29, 0.717) is 0 Å². The Kier molecular flexibility index (Phi) is 5.98. The SMILES string of the molecule is CC(=O)NC(C(=O)NCC(O)c1ccsc1)C(C)C. The molecular formula is C13H20N2O3S. The maximum Gasteiger partial charge on any atom is 0.242 e. The minimum atomic E-state index is -0.722. The number of thiophene rings is 1. The molecule has 106 valence electrons. The second-order valence-corrected chi connectivity index (χ2v) is 5.52.